The summed E-state index contributed by atoms with van der Waals surface area (Å²) in [4.78, 5) is 13.5. The van der Waals surface area contributed by atoms with Crippen molar-refractivity contribution in [1.82, 2.24) is 9.88 Å². The van der Waals surface area contributed by atoms with Crippen LogP contribution in [0.15, 0.2) is 46.9 Å². The minimum absolute atomic E-state index is 0.127. The highest BCUT2D eigenvalue weighted by Gasteiger charge is 2.45. The lowest BCUT2D eigenvalue weighted by atomic mass is 10.0. The number of fused-ring (bicyclic) bond motifs is 1. The maximum atomic E-state index is 5.01. The first-order valence-corrected chi connectivity index (χ1v) is 9.18. The third-order valence-electron chi connectivity index (χ3n) is 4.16. The predicted molar refractivity (Wildman–Crippen MR) is 89.8 cm³/mol. The van der Waals surface area contributed by atoms with E-state index in [1.807, 2.05) is 35.4 Å². The van der Waals surface area contributed by atoms with E-state index in [1.54, 1.807) is 0 Å². The summed E-state index contributed by atoms with van der Waals surface area (Å²) in [5, 5.41) is 3.36. The molecule has 2 aliphatic heterocycles. The van der Waals surface area contributed by atoms with Crippen molar-refractivity contribution in [3.63, 3.8) is 0 Å². The SMILES string of the molecule is CCC1CSC2=NC(c3ccccn3)C(c3cccs3)N21. The molecule has 4 heterocycles. The lowest BCUT2D eigenvalue weighted by Crippen LogP contribution is -2.34. The molecule has 0 amide bonds. The minimum Gasteiger partial charge on any atom is -0.337 e. The molecule has 0 radical (unpaired) electrons. The summed E-state index contributed by atoms with van der Waals surface area (Å²) in [5.41, 5.74) is 1.08. The van der Waals surface area contributed by atoms with Crippen LogP contribution < -0.4 is 0 Å². The number of amidine groups is 1. The fourth-order valence-corrected chi connectivity index (χ4v) is 5.31. The Kier molecular flexibility index (Phi) is 3.47. The van der Waals surface area contributed by atoms with E-state index in [1.165, 1.54) is 16.5 Å². The van der Waals surface area contributed by atoms with Gasteiger partial charge in [0.15, 0.2) is 5.17 Å². The molecule has 2 aromatic rings. The van der Waals surface area contributed by atoms with Gasteiger partial charge in [-0.3, -0.25) is 9.98 Å². The highest BCUT2D eigenvalue weighted by atomic mass is 32.2. The fraction of sp³-hybridized carbons (Fsp3) is 0.375. The van der Waals surface area contributed by atoms with Crippen LogP contribution in [0.1, 0.15) is 36.0 Å². The molecule has 1 fully saturated rings. The highest BCUT2D eigenvalue weighted by Crippen LogP contribution is 2.49. The maximum absolute atomic E-state index is 5.01. The summed E-state index contributed by atoms with van der Waals surface area (Å²) in [6.07, 6.45) is 3.04. The van der Waals surface area contributed by atoms with Crippen molar-refractivity contribution >= 4 is 28.3 Å². The molecule has 0 saturated carbocycles. The van der Waals surface area contributed by atoms with Crippen LogP contribution in [-0.4, -0.2) is 26.8 Å². The first kappa shape index (κ1) is 13.3. The summed E-state index contributed by atoms with van der Waals surface area (Å²) >= 11 is 3.73. The van der Waals surface area contributed by atoms with Gasteiger partial charge >= 0.3 is 0 Å². The van der Waals surface area contributed by atoms with Crippen LogP contribution in [0.25, 0.3) is 0 Å². The molecule has 108 valence electrons. The first-order valence-electron chi connectivity index (χ1n) is 7.31. The van der Waals surface area contributed by atoms with E-state index in [0.717, 1.165) is 11.4 Å². The van der Waals surface area contributed by atoms with Crippen molar-refractivity contribution in [2.24, 2.45) is 4.99 Å². The van der Waals surface area contributed by atoms with Crippen LogP contribution in [0, 0.1) is 0 Å². The summed E-state index contributed by atoms with van der Waals surface area (Å²) in [7, 11) is 0. The van der Waals surface area contributed by atoms with Crippen LogP contribution in [0.3, 0.4) is 0 Å². The molecule has 0 N–H and O–H groups in total. The van der Waals surface area contributed by atoms with Crippen LogP contribution in [-0.2, 0) is 0 Å². The maximum Gasteiger partial charge on any atom is 0.160 e. The lowest BCUT2D eigenvalue weighted by Gasteiger charge is -2.30. The summed E-state index contributed by atoms with van der Waals surface area (Å²) < 4.78 is 0. The van der Waals surface area contributed by atoms with Gasteiger partial charge in [-0.1, -0.05) is 30.8 Å². The van der Waals surface area contributed by atoms with Gasteiger partial charge in [0.05, 0.1) is 11.7 Å². The first-order chi connectivity index (χ1) is 10.4. The number of hydrogen-bond donors (Lipinski definition) is 0. The Bertz CT molecular complexity index is 639. The number of aliphatic imine (C=N–C) groups is 1. The molecule has 0 aromatic carbocycles. The van der Waals surface area contributed by atoms with Gasteiger partial charge in [0.2, 0.25) is 0 Å². The van der Waals surface area contributed by atoms with Crippen molar-refractivity contribution in [1.29, 1.82) is 0 Å². The topological polar surface area (TPSA) is 28.5 Å². The van der Waals surface area contributed by atoms with E-state index in [9.17, 15) is 0 Å². The molecule has 1 saturated heterocycles. The molecule has 5 heteroatoms. The molecular weight excluding hydrogens is 298 g/mol. The highest BCUT2D eigenvalue weighted by molar-refractivity contribution is 8.14. The third kappa shape index (κ3) is 2.19. The monoisotopic (exact) mass is 315 g/mol. The Morgan fingerprint density at radius 3 is 2.95 bits per heavy atom. The molecule has 2 aliphatic rings. The van der Waals surface area contributed by atoms with Gasteiger partial charge in [0.1, 0.15) is 6.04 Å². The van der Waals surface area contributed by atoms with Gasteiger partial charge in [-0.25, -0.2) is 0 Å². The molecule has 0 spiro atoms. The van der Waals surface area contributed by atoms with Crippen molar-refractivity contribution in [2.75, 3.05) is 5.75 Å². The Morgan fingerprint density at radius 2 is 2.24 bits per heavy atom. The normalized spacial score (nSPS) is 27.8. The van der Waals surface area contributed by atoms with Gasteiger partial charge in [-0.2, -0.15) is 0 Å². The van der Waals surface area contributed by atoms with Crippen molar-refractivity contribution in [2.45, 2.75) is 31.5 Å². The number of thioether (sulfide) groups is 1. The molecule has 3 unspecified atom stereocenters. The molecule has 3 atom stereocenters. The molecule has 21 heavy (non-hydrogen) atoms. The molecular formula is C16H17N3S2. The van der Waals surface area contributed by atoms with Crippen molar-refractivity contribution in [3.05, 3.63) is 52.5 Å². The minimum atomic E-state index is 0.127. The molecule has 2 aromatic heterocycles. The van der Waals surface area contributed by atoms with Gasteiger partial charge in [0, 0.05) is 22.9 Å². The van der Waals surface area contributed by atoms with E-state index >= 15 is 0 Å². The van der Waals surface area contributed by atoms with Crippen molar-refractivity contribution in [3.8, 4) is 0 Å². The van der Waals surface area contributed by atoms with Crippen LogP contribution in [0.4, 0.5) is 0 Å². The largest absolute Gasteiger partial charge is 0.337 e. The average Bonchev–Trinajstić information content (AvgIpc) is 3.23. The Labute approximate surface area is 133 Å². The van der Waals surface area contributed by atoms with E-state index in [-0.39, 0.29) is 6.04 Å². The van der Waals surface area contributed by atoms with Crippen LogP contribution in [0.2, 0.25) is 0 Å². The number of rotatable bonds is 3. The lowest BCUT2D eigenvalue weighted by molar-refractivity contribution is 0.258. The number of pyridine rings is 1. The fourth-order valence-electron chi connectivity index (χ4n) is 3.12. The standard InChI is InChI=1S/C16H17N3S2/c1-2-11-10-21-16-18-14(12-6-3-4-8-17-12)15(19(11)16)13-7-5-9-20-13/h3-9,11,14-15H,2,10H2,1H3. The quantitative estimate of drug-likeness (QED) is 0.853. The van der Waals surface area contributed by atoms with Gasteiger partial charge in [-0.05, 0) is 30.0 Å². The molecule has 4 rings (SSSR count). The van der Waals surface area contributed by atoms with Gasteiger partial charge in [-0.15, -0.1) is 11.3 Å². The second-order valence-corrected chi connectivity index (χ2v) is 7.32. The average molecular weight is 315 g/mol. The number of nitrogens with zero attached hydrogens (tertiary/aromatic N) is 3. The second-order valence-electron chi connectivity index (χ2n) is 5.35. The zero-order chi connectivity index (χ0) is 14.2. The Morgan fingerprint density at radius 1 is 1.29 bits per heavy atom. The number of thiophene rings is 1. The molecule has 3 nitrogen and oxygen atoms in total. The zero-order valence-corrected chi connectivity index (χ0v) is 13.5. The molecule has 0 aliphatic carbocycles. The van der Waals surface area contributed by atoms with E-state index < -0.39 is 0 Å². The summed E-state index contributed by atoms with van der Waals surface area (Å²) in [6, 6.07) is 11.5. The smallest absolute Gasteiger partial charge is 0.160 e. The van der Waals surface area contributed by atoms with Crippen molar-refractivity contribution < 1.29 is 0 Å². The van der Waals surface area contributed by atoms with Crippen LogP contribution >= 0.6 is 23.1 Å². The number of aromatic nitrogens is 1. The second kappa shape index (κ2) is 5.46. The Hall–Kier alpha value is -1.33. The van der Waals surface area contributed by atoms with E-state index in [0.29, 0.717) is 12.1 Å². The summed E-state index contributed by atoms with van der Waals surface area (Å²) in [5.74, 6) is 1.16. The van der Waals surface area contributed by atoms with Gasteiger partial charge in [0.25, 0.3) is 0 Å². The third-order valence-corrected chi connectivity index (χ3v) is 6.23. The van der Waals surface area contributed by atoms with E-state index in [2.05, 4.69) is 46.5 Å². The van der Waals surface area contributed by atoms with Gasteiger partial charge < -0.3 is 4.90 Å². The summed E-state index contributed by atoms with van der Waals surface area (Å²) in [6.45, 7) is 2.27. The predicted octanol–water partition coefficient (Wildman–Crippen LogP) is 4.12. The Balaban J connectivity index is 1.78. The van der Waals surface area contributed by atoms with Crippen LogP contribution in [0.5, 0.6) is 0 Å². The molecule has 0 bridgehead atoms. The van der Waals surface area contributed by atoms with E-state index in [4.69, 9.17) is 4.99 Å². The number of hydrogen-bond acceptors (Lipinski definition) is 5. The zero-order valence-electron chi connectivity index (χ0n) is 11.8.